The molecule has 1 unspecified atom stereocenters. The Morgan fingerprint density at radius 1 is 1.15 bits per heavy atom. The van der Waals surface area contributed by atoms with Crippen molar-refractivity contribution >= 4 is 0 Å². The van der Waals surface area contributed by atoms with Gasteiger partial charge in [-0.15, -0.1) is 0 Å². The fourth-order valence-corrected chi connectivity index (χ4v) is 1.47. The summed E-state index contributed by atoms with van der Waals surface area (Å²) < 4.78 is 0. The highest BCUT2D eigenvalue weighted by Gasteiger charge is 1.97. The van der Waals surface area contributed by atoms with Gasteiger partial charge in [0.2, 0.25) is 0 Å². The van der Waals surface area contributed by atoms with Crippen LogP contribution in [0.3, 0.4) is 0 Å². The fraction of sp³-hybridized carbons (Fsp3) is 0.917. The normalized spacial score (nSPS) is 13.2. The second-order valence-corrected chi connectivity index (χ2v) is 3.98. The molecule has 0 aliphatic carbocycles. The number of hydrogen-bond donors (Lipinski definition) is 1. The van der Waals surface area contributed by atoms with E-state index in [1.807, 2.05) is 0 Å². The fourth-order valence-electron chi connectivity index (χ4n) is 1.47. The van der Waals surface area contributed by atoms with E-state index in [4.69, 9.17) is 5.11 Å². The van der Waals surface area contributed by atoms with Crippen LogP contribution in [-0.4, -0.2) is 11.7 Å². The van der Waals surface area contributed by atoms with Crippen LogP contribution in [0, 0.1) is 12.3 Å². The average molecular weight is 185 g/mol. The summed E-state index contributed by atoms with van der Waals surface area (Å²) in [5, 5.41) is 8.70. The SMILES string of the molecule is CCCC[CH-]CCCC(C)CCO. The number of aliphatic hydroxyl groups excluding tert-OH is 1. The van der Waals surface area contributed by atoms with E-state index in [2.05, 4.69) is 20.3 Å². The van der Waals surface area contributed by atoms with Gasteiger partial charge in [0.1, 0.15) is 0 Å². The van der Waals surface area contributed by atoms with Crippen LogP contribution in [0.25, 0.3) is 0 Å². The Bertz CT molecular complexity index is 91.1. The van der Waals surface area contributed by atoms with Gasteiger partial charge in [-0.25, -0.2) is 0 Å². The lowest BCUT2D eigenvalue weighted by Gasteiger charge is -2.13. The Kier molecular flexibility index (Phi) is 10.0. The maximum absolute atomic E-state index is 8.70. The molecule has 0 bridgehead atoms. The Morgan fingerprint density at radius 3 is 2.46 bits per heavy atom. The van der Waals surface area contributed by atoms with E-state index in [0.717, 1.165) is 6.42 Å². The van der Waals surface area contributed by atoms with E-state index in [0.29, 0.717) is 12.5 Å². The summed E-state index contributed by atoms with van der Waals surface area (Å²) in [6.07, 6.45) is 11.1. The van der Waals surface area contributed by atoms with E-state index in [-0.39, 0.29) is 0 Å². The molecule has 0 amide bonds. The van der Waals surface area contributed by atoms with Gasteiger partial charge in [0.05, 0.1) is 0 Å². The second-order valence-electron chi connectivity index (χ2n) is 3.98. The van der Waals surface area contributed by atoms with Crippen molar-refractivity contribution in [2.45, 2.75) is 58.8 Å². The lowest BCUT2D eigenvalue weighted by molar-refractivity contribution is 0.257. The predicted octanol–water partition coefficient (Wildman–Crippen LogP) is 3.57. The predicted molar refractivity (Wildman–Crippen MR) is 58.5 cm³/mol. The van der Waals surface area contributed by atoms with Crippen molar-refractivity contribution in [3.8, 4) is 0 Å². The van der Waals surface area contributed by atoms with Crippen molar-refractivity contribution in [2.24, 2.45) is 5.92 Å². The monoisotopic (exact) mass is 185 g/mol. The summed E-state index contributed by atoms with van der Waals surface area (Å²) in [6, 6.07) is 0. The largest absolute Gasteiger partial charge is 0.396 e. The first-order valence-electron chi connectivity index (χ1n) is 5.73. The third-order valence-electron chi connectivity index (χ3n) is 2.49. The first-order valence-corrected chi connectivity index (χ1v) is 5.73. The van der Waals surface area contributed by atoms with E-state index in [1.165, 1.54) is 38.5 Å². The van der Waals surface area contributed by atoms with Crippen LogP contribution in [0.1, 0.15) is 58.8 Å². The second kappa shape index (κ2) is 10.0. The molecule has 0 saturated heterocycles. The van der Waals surface area contributed by atoms with Crippen molar-refractivity contribution < 1.29 is 5.11 Å². The molecule has 0 aromatic carbocycles. The third kappa shape index (κ3) is 9.88. The van der Waals surface area contributed by atoms with E-state index in [1.54, 1.807) is 0 Å². The Labute approximate surface area is 83.5 Å². The molecule has 0 heterocycles. The topological polar surface area (TPSA) is 20.2 Å². The molecular weight excluding hydrogens is 160 g/mol. The summed E-state index contributed by atoms with van der Waals surface area (Å²) >= 11 is 0. The third-order valence-corrected chi connectivity index (χ3v) is 2.49. The van der Waals surface area contributed by atoms with Gasteiger partial charge in [-0.3, -0.25) is 0 Å². The number of aliphatic hydroxyl groups is 1. The Morgan fingerprint density at radius 2 is 1.85 bits per heavy atom. The molecule has 0 radical (unpaired) electrons. The highest BCUT2D eigenvalue weighted by atomic mass is 16.2. The summed E-state index contributed by atoms with van der Waals surface area (Å²) in [5.41, 5.74) is 0. The van der Waals surface area contributed by atoms with Gasteiger partial charge in [0, 0.05) is 6.61 Å². The standard InChI is InChI=1S/C12H25O/c1-3-4-5-6-7-8-9-12(2)10-11-13/h6,12-13H,3-5,7-11H2,1-2H3/q-1. The van der Waals surface area contributed by atoms with Crippen molar-refractivity contribution in [3.05, 3.63) is 6.42 Å². The van der Waals surface area contributed by atoms with Crippen molar-refractivity contribution in [2.75, 3.05) is 6.61 Å². The van der Waals surface area contributed by atoms with Crippen LogP contribution in [0.4, 0.5) is 0 Å². The summed E-state index contributed by atoms with van der Waals surface area (Å²) in [7, 11) is 0. The molecule has 0 aromatic rings. The molecular formula is C12H25O-. The lowest BCUT2D eigenvalue weighted by atomic mass is 9.99. The first kappa shape index (κ1) is 13.0. The van der Waals surface area contributed by atoms with Gasteiger partial charge in [0.25, 0.3) is 0 Å². The molecule has 1 N–H and O–H groups in total. The quantitative estimate of drug-likeness (QED) is 0.430. The highest BCUT2D eigenvalue weighted by molar-refractivity contribution is 4.65. The molecule has 0 aliphatic heterocycles. The van der Waals surface area contributed by atoms with Crippen LogP contribution < -0.4 is 0 Å². The van der Waals surface area contributed by atoms with Gasteiger partial charge in [-0.2, -0.15) is 12.8 Å². The van der Waals surface area contributed by atoms with Gasteiger partial charge >= 0.3 is 0 Å². The number of rotatable bonds is 9. The molecule has 0 aromatic heterocycles. The van der Waals surface area contributed by atoms with Crippen LogP contribution in [-0.2, 0) is 0 Å². The zero-order chi connectivity index (χ0) is 9.94. The van der Waals surface area contributed by atoms with Gasteiger partial charge in [-0.05, 0) is 12.3 Å². The zero-order valence-electron chi connectivity index (χ0n) is 9.26. The van der Waals surface area contributed by atoms with Crippen LogP contribution in [0.2, 0.25) is 0 Å². The van der Waals surface area contributed by atoms with Crippen molar-refractivity contribution in [3.63, 3.8) is 0 Å². The highest BCUT2D eigenvalue weighted by Crippen LogP contribution is 2.13. The summed E-state index contributed by atoms with van der Waals surface area (Å²) in [6.45, 7) is 4.81. The van der Waals surface area contributed by atoms with Gasteiger partial charge in [-0.1, -0.05) is 39.5 Å². The maximum atomic E-state index is 8.70. The van der Waals surface area contributed by atoms with Crippen LogP contribution in [0.15, 0.2) is 0 Å². The maximum Gasteiger partial charge on any atom is 0.0433 e. The van der Waals surface area contributed by atoms with E-state index < -0.39 is 0 Å². The van der Waals surface area contributed by atoms with Gasteiger partial charge in [0.15, 0.2) is 0 Å². The Balaban J connectivity index is 2.97. The van der Waals surface area contributed by atoms with Crippen molar-refractivity contribution in [1.82, 2.24) is 0 Å². The first-order chi connectivity index (χ1) is 6.31. The molecule has 0 spiro atoms. The molecule has 80 valence electrons. The van der Waals surface area contributed by atoms with Crippen LogP contribution in [0.5, 0.6) is 0 Å². The summed E-state index contributed by atoms with van der Waals surface area (Å²) in [5.74, 6) is 0.699. The smallest absolute Gasteiger partial charge is 0.0433 e. The molecule has 0 saturated carbocycles. The molecule has 1 atom stereocenters. The molecule has 0 rings (SSSR count). The van der Waals surface area contributed by atoms with Crippen LogP contribution >= 0.6 is 0 Å². The minimum atomic E-state index is 0.348. The molecule has 1 heteroatoms. The summed E-state index contributed by atoms with van der Waals surface area (Å²) in [4.78, 5) is 0. The number of unbranched alkanes of at least 4 members (excludes halogenated alkanes) is 5. The minimum Gasteiger partial charge on any atom is -0.396 e. The number of hydrogen-bond acceptors (Lipinski definition) is 1. The van der Waals surface area contributed by atoms with E-state index in [9.17, 15) is 0 Å². The minimum absolute atomic E-state index is 0.348. The Hall–Kier alpha value is -0.0400. The average Bonchev–Trinajstić information content (AvgIpc) is 2.11. The van der Waals surface area contributed by atoms with Gasteiger partial charge < -0.3 is 11.5 Å². The molecule has 13 heavy (non-hydrogen) atoms. The molecule has 0 aliphatic rings. The van der Waals surface area contributed by atoms with Crippen molar-refractivity contribution in [1.29, 1.82) is 0 Å². The van der Waals surface area contributed by atoms with E-state index >= 15 is 0 Å². The lowest BCUT2D eigenvalue weighted by Crippen LogP contribution is -1.97. The zero-order valence-corrected chi connectivity index (χ0v) is 9.26. The molecule has 0 fully saturated rings. The molecule has 1 nitrogen and oxygen atoms in total.